The minimum Gasteiger partial charge on any atom is -0.493 e. The molecule has 3 aromatic rings. The first-order chi connectivity index (χ1) is 17.0. The van der Waals surface area contributed by atoms with Crippen molar-refractivity contribution in [1.82, 2.24) is 9.97 Å². The summed E-state index contributed by atoms with van der Waals surface area (Å²) in [5.41, 5.74) is -0.249. The number of methoxy groups -OCH3 is 1. The molecule has 4 atom stereocenters. The van der Waals surface area contributed by atoms with Crippen LogP contribution in [-0.2, 0) is 6.18 Å². The number of hydrogen-bond acceptors (Lipinski definition) is 9. The first-order valence-corrected chi connectivity index (χ1v) is 11.1. The van der Waals surface area contributed by atoms with Gasteiger partial charge in [-0.05, 0) is 40.2 Å². The highest BCUT2D eigenvalue weighted by molar-refractivity contribution is 9.10. The van der Waals surface area contributed by atoms with E-state index in [0.29, 0.717) is 11.1 Å². The van der Waals surface area contributed by atoms with Crippen molar-refractivity contribution in [2.75, 3.05) is 25.6 Å². The number of aliphatic hydroxyl groups excluding tert-OH is 4. The Hall–Kier alpha value is -2.78. The van der Waals surface area contributed by atoms with E-state index in [1.807, 2.05) is 0 Å². The van der Waals surface area contributed by atoms with Crippen molar-refractivity contribution in [2.45, 2.75) is 30.7 Å². The van der Waals surface area contributed by atoms with Gasteiger partial charge in [0.1, 0.15) is 24.4 Å². The molecule has 0 saturated carbocycles. The molecular weight excluding hydrogens is 558 g/mol. The molecule has 1 heterocycles. The Morgan fingerprint density at radius 3 is 2.33 bits per heavy atom. The van der Waals surface area contributed by atoms with Gasteiger partial charge in [0.05, 0.1) is 37.1 Å². The number of halogens is 5. The van der Waals surface area contributed by atoms with Crippen molar-refractivity contribution in [3.05, 3.63) is 46.7 Å². The fourth-order valence-electron chi connectivity index (χ4n) is 3.26. The van der Waals surface area contributed by atoms with Crippen LogP contribution in [0.25, 0.3) is 10.9 Å². The van der Waals surface area contributed by atoms with Crippen LogP contribution in [0.5, 0.6) is 11.5 Å². The lowest BCUT2D eigenvalue weighted by Crippen LogP contribution is -2.48. The minimum absolute atomic E-state index is 0.0185. The largest absolute Gasteiger partial charge is 0.493 e. The maximum atomic E-state index is 13.6. The summed E-state index contributed by atoms with van der Waals surface area (Å²) in [6, 6.07) is 5.90. The smallest absolute Gasteiger partial charge is 0.416 e. The zero-order chi connectivity index (χ0) is 26.6. The Balaban J connectivity index is 1.94. The second kappa shape index (κ2) is 11.5. The molecule has 5 N–H and O–H groups in total. The van der Waals surface area contributed by atoms with Gasteiger partial charge in [-0.25, -0.2) is 14.4 Å². The van der Waals surface area contributed by atoms with Crippen molar-refractivity contribution in [3.8, 4) is 11.5 Å². The zero-order valence-electron chi connectivity index (χ0n) is 18.6. The van der Waals surface area contributed by atoms with Crippen LogP contribution in [0.15, 0.2) is 41.1 Å². The van der Waals surface area contributed by atoms with Crippen LogP contribution >= 0.6 is 15.9 Å². The van der Waals surface area contributed by atoms with E-state index in [-0.39, 0.29) is 27.3 Å². The van der Waals surface area contributed by atoms with E-state index in [1.54, 1.807) is 0 Å². The van der Waals surface area contributed by atoms with Crippen LogP contribution < -0.4 is 14.8 Å². The van der Waals surface area contributed by atoms with Gasteiger partial charge in [0.2, 0.25) is 0 Å². The topological polar surface area (TPSA) is 137 Å². The standard InChI is InChI=1S/C22H22BrF4N3O6/c1-35-16-5-11-15(6-17(16)36-18(8-32)20(34)19(33)13(24)7-31)28-9-29-21(11)30-14-3-2-10(4-12(14)23)22(25,26)27/h2-6,9,13,18-20,31-34H,7-8H2,1H3,(H,28,29,30)/t13-,18-,19+,20+/m1/s1. The Kier molecular flexibility index (Phi) is 8.89. The molecule has 0 fully saturated rings. The highest BCUT2D eigenvalue weighted by Gasteiger charge is 2.34. The molecule has 0 amide bonds. The van der Waals surface area contributed by atoms with Gasteiger partial charge in [-0.2, -0.15) is 13.2 Å². The van der Waals surface area contributed by atoms with E-state index < -0.39 is 49.4 Å². The molecule has 0 saturated heterocycles. The molecule has 0 aliphatic carbocycles. The van der Waals surface area contributed by atoms with Crippen LogP contribution in [0, 0.1) is 0 Å². The molecule has 0 aliphatic heterocycles. The predicted molar refractivity (Wildman–Crippen MR) is 124 cm³/mol. The number of aliphatic hydroxyl groups is 4. The Morgan fingerprint density at radius 2 is 1.75 bits per heavy atom. The van der Waals surface area contributed by atoms with Crippen molar-refractivity contribution >= 4 is 38.3 Å². The summed E-state index contributed by atoms with van der Waals surface area (Å²) in [6.07, 6.45) is -10.9. The fraction of sp³-hybridized carbons (Fsp3) is 0.364. The summed E-state index contributed by atoms with van der Waals surface area (Å²) in [6.45, 7) is -1.85. The van der Waals surface area contributed by atoms with Crippen molar-refractivity contribution in [3.63, 3.8) is 0 Å². The van der Waals surface area contributed by atoms with Crippen molar-refractivity contribution < 1.29 is 47.5 Å². The van der Waals surface area contributed by atoms with E-state index in [4.69, 9.17) is 14.6 Å². The van der Waals surface area contributed by atoms with Gasteiger partial charge >= 0.3 is 6.18 Å². The number of rotatable bonds is 10. The lowest BCUT2D eigenvalue weighted by atomic mass is 10.0. The Morgan fingerprint density at radius 1 is 1.03 bits per heavy atom. The minimum atomic E-state index is -4.51. The molecule has 3 rings (SSSR count). The number of benzene rings is 2. The molecule has 0 spiro atoms. The predicted octanol–water partition coefficient (Wildman–Crippen LogP) is 2.96. The molecule has 0 aliphatic rings. The third-order valence-electron chi connectivity index (χ3n) is 5.20. The van der Waals surface area contributed by atoms with Gasteiger partial charge in [0, 0.05) is 15.9 Å². The van der Waals surface area contributed by atoms with E-state index in [9.17, 15) is 32.9 Å². The Bertz CT molecular complexity index is 1200. The summed E-state index contributed by atoms with van der Waals surface area (Å²) < 4.78 is 63.5. The van der Waals surface area contributed by atoms with Crippen LogP contribution in [-0.4, -0.2) is 75.2 Å². The van der Waals surface area contributed by atoms with Gasteiger partial charge in [0.15, 0.2) is 23.8 Å². The van der Waals surface area contributed by atoms with E-state index in [0.717, 1.165) is 12.1 Å². The monoisotopic (exact) mass is 579 g/mol. The van der Waals surface area contributed by atoms with Crippen LogP contribution in [0.2, 0.25) is 0 Å². The van der Waals surface area contributed by atoms with Gasteiger partial charge in [-0.1, -0.05) is 0 Å². The number of anilines is 2. The number of fused-ring (bicyclic) bond motifs is 1. The van der Waals surface area contributed by atoms with Crippen LogP contribution in [0.1, 0.15) is 5.56 Å². The SMILES string of the molecule is COc1cc2c(Nc3ccc(C(F)(F)F)cc3Br)ncnc2cc1O[C@H](CO)[C@H](O)[C@@H](O)[C@H](F)CO. The van der Waals surface area contributed by atoms with Crippen molar-refractivity contribution in [1.29, 1.82) is 0 Å². The number of hydrogen-bond donors (Lipinski definition) is 5. The average molecular weight is 580 g/mol. The first-order valence-electron chi connectivity index (χ1n) is 10.3. The molecular formula is C22H22BrF4N3O6. The van der Waals surface area contributed by atoms with Crippen LogP contribution in [0.3, 0.4) is 0 Å². The summed E-state index contributed by atoms with van der Waals surface area (Å²) >= 11 is 3.12. The highest BCUT2D eigenvalue weighted by atomic mass is 79.9. The summed E-state index contributed by atoms with van der Waals surface area (Å²) in [7, 11) is 1.31. The highest BCUT2D eigenvalue weighted by Crippen LogP contribution is 2.38. The van der Waals surface area contributed by atoms with E-state index in [2.05, 4.69) is 31.2 Å². The molecule has 1 aromatic heterocycles. The quantitative estimate of drug-likeness (QED) is 0.229. The summed E-state index contributed by atoms with van der Waals surface area (Å²) in [5, 5.41) is 41.8. The molecule has 9 nitrogen and oxygen atoms in total. The number of ether oxygens (including phenoxy) is 2. The fourth-order valence-corrected chi connectivity index (χ4v) is 3.73. The average Bonchev–Trinajstić information content (AvgIpc) is 2.86. The second-order valence-electron chi connectivity index (χ2n) is 7.58. The molecule has 14 heteroatoms. The molecule has 0 unspecified atom stereocenters. The Labute approximate surface area is 210 Å². The van der Waals surface area contributed by atoms with Gasteiger partial charge in [-0.15, -0.1) is 0 Å². The number of nitrogens with zero attached hydrogens (tertiary/aromatic N) is 2. The number of nitrogens with one attached hydrogen (secondary N) is 1. The summed E-state index contributed by atoms with van der Waals surface area (Å²) in [4.78, 5) is 8.27. The third-order valence-corrected chi connectivity index (χ3v) is 5.86. The second-order valence-corrected chi connectivity index (χ2v) is 8.43. The number of alkyl halides is 4. The zero-order valence-corrected chi connectivity index (χ0v) is 20.2. The normalized spacial score (nSPS) is 15.3. The molecule has 0 bridgehead atoms. The molecule has 2 aromatic carbocycles. The third kappa shape index (κ3) is 6.13. The van der Waals surface area contributed by atoms with Crippen molar-refractivity contribution in [2.24, 2.45) is 0 Å². The van der Waals surface area contributed by atoms with Gasteiger partial charge < -0.3 is 35.2 Å². The molecule has 0 radical (unpaired) electrons. The summed E-state index contributed by atoms with van der Waals surface area (Å²) in [5.74, 6) is 0.295. The lowest BCUT2D eigenvalue weighted by Gasteiger charge is -2.28. The molecule has 196 valence electrons. The lowest BCUT2D eigenvalue weighted by molar-refractivity contribution is -0.137. The maximum Gasteiger partial charge on any atom is 0.416 e. The maximum absolute atomic E-state index is 13.6. The van der Waals surface area contributed by atoms with Gasteiger partial charge in [-0.3, -0.25) is 0 Å². The van der Waals surface area contributed by atoms with Crippen LogP contribution in [0.4, 0.5) is 29.1 Å². The van der Waals surface area contributed by atoms with Gasteiger partial charge in [0.25, 0.3) is 0 Å². The van der Waals surface area contributed by atoms with E-state index >= 15 is 0 Å². The number of aromatic nitrogens is 2. The first kappa shape index (κ1) is 27.8. The van der Waals surface area contributed by atoms with E-state index in [1.165, 1.54) is 31.6 Å². The molecule has 36 heavy (non-hydrogen) atoms.